The molecule has 0 bridgehead atoms. The van der Waals surface area contributed by atoms with Crippen LogP contribution in [0.2, 0.25) is 5.02 Å². The Kier molecular flexibility index (Phi) is 5.59. The van der Waals surface area contributed by atoms with E-state index in [1.807, 2.05) is 18.2 Å². The lowest BCUT2D eigenvalue weighted by molar-refractivity contribution is 0.0726. The van der Waals surface area contributed by atoms with Crippen LogP contribution in [-0.2, 0) is 11.3 Å². The van der Waals surface area contributed by atoms with Crippen molar-refractivity contribution >= 4 is 60.6 Å². The molecule has 2 nitrogen and oxygen atoms in total. The molecule has 0 N–H and O–H groups in total. The molecule has 1 heterocycles. The van der Waals surface area contributed by atoms with Gasteiger partial charge in [0.15, 0.2) is 5.78 Å². The van der Waals surface area contributed by atoms with E-state index >= 15 is 0 Å². The molecule has 0 atom stereocenters. The summed E-state index contributed by atoms with van der Waals surface area (Å²) in [5.41, 5.74) is 1.51. The lowest BCUT2D eigenvalue weighted by Gasteiger charge is -2.05. The van der Waals surface area contributed by atoms with Crippen molar-refractivity contribution in [3.63, 3.8) is 0 Å². The molecule has 1 aromatic heterocycles. The molecule has 0 fully saturated rings. The normalized spacial score (nSPS) is 10.7. The first-order valence-corrected chi connectivity index (χ1v) is 8.15. The molecule has 0 aliphatic rings. The lowest BCUT2D eigenvalue weighted by Crippen LogP contribution is -2.08. The Hall–Kier alpha value is -0.200. The third-order valence-electron chi connectivity index (χ3n) is 2.41. The molecule has 0 unspecified atom stereocenters. The van der Waals surface area contributed by atoms with E-state index in [1.165, 1.54) is 11.3 Å². The van der Waals surface area contributed by atoms with Gasteiger partial charge in [-0.3, -0.25) is 4.79 Å². The van der Waals surface area contributed by atoms with Crippen LogP contribution in [0.3, 0.4) is 0 Å². The van der Waals surface area contributed by atoms with E-state index in [0.29, 0.717) is 17.2 Å². The number of hydrogen-bond donors (Lipinski definition) is 0. The average Bonchev–Trinajstić information content (AvgIpc) is 2.71. The summed E-state index contributed by atoms with van der Waals surface area (Å²) >= 11 is 14.2. The van der Waals surface area contributed by atoms with Gasteiger partial charge in [-0.25, -0.2) is 0 Å². The number of thiophene rings is 1. The third kappa shape index (κ3) is 4.13. The molecule has 100 valence electrons. The first kappa shape index (κ1) is 15.2. The fraction of sp³-hybridized carbons (Fsp3) is 0.154. The van der Waals surface area contributed by atoms with Gasteiger partial charge in [0, 0.05) is 10.6 Å². The highest BCUT2D eigenvalue weighted by Crippen LogP contribution is 2.32. The summed E-state index contributed by atoms with van der Waals surface area (Å²) < 4.78 is 7.14. The SMILES string of the molecule is O=C(COCc1ccccc1Cl)c1cc(Br)sc1Br. The summed E-state index contributed by atoms with van der Waals surface area (Å²) in [5.74, 6) is -0.0547. The molecule has 0 amide bonds. The van der Waals surface area contributed by atoms with E-state index in [0.717, 1.165) is 13.1 Å². The van der Waals surface area contributed by atoms with Crippen molar-refractivity contribution in [1.29, 1.82) is 0 Å². The molecule has 2 aromatic rings. The van der Waals surface area contributed by atoms with Crippen molar-refractivity contribution in [2.75, 3.05) is 6.61 Å². The highest BCUT2D eigenvalue weighted by atomic mass is 79.9. The molecular formula is C13H9Br2ClO2S. The van der Waals surface area contributed by atoms with Crippen LogP contribution in [0.25, 0.3) is 0 Å². The predicted octanol–water partition coefficient (Wildman–Crippen LogP) is 5.33. The Morgan fingerprint density at radius 3 is 2.68 bits per heavy atom. The monoisotopic (exact) mass is 422 g/mol. The van der Waals surface area contributed by atoms with Gasteiger partial charge in [-0.05, 0) is 49.6 Å². The zero-order chi connectivity index (χ0) is 13.8. The number of hydrogen-bond acceptors (Lipinski definition) is 3. The maximum atomic E-state index is 12.0. The van der Waals surface area contributed by atoms with Crippen molar-refractivity contribution < 1.29 is 9.53 Å². The molecule has 0 spiro atoms. The Morgan fingerprint density at radius 1 is 1.32 bits per heavy atom. The Morgan fingerprint density at radius 2 is 2.05 bits per heavy atom. The summed E-state index contributed by atoms with van der Waals surface area (Å²) in [6.07, 6.45) is 0. The molecule has 1 aromatic carbocycles. The van der Waals surface area contributed by atoms with Gasteiger partial charge >= 0.3 is 0 Å². The fourth-order valence-electron chi connectivity index (χ4n) is 1.48. The third-order valence-corrected chi connectivity index (χ3v) is 5.11. The van der Waals surface area contributed by atoms with Crippen molar-refractivity contribution in [3.8, 4) is 0 Å². The molecule has 0 aliphatic carbocycles. The van der Waals surface area contributed by atoms with Crippen LogP contribution < -0.4 is 0 Å². The summed E-state index contributed by atoms with van der Waals surface area (Å²) in [4.78, 5) is 12.0. The zero-order valence-electron chi connectivity index (χ0n) is 9.66. The Balaban J connectivity index is 1.91. The second-order valence-electron chi connectivity index (χ2n) is 3.75. The zero-order valence-corrected chi connectivity index (χ0v) is 14.4. The molecule has 2 rings (SSSR count). The smallest absolute Gasteiger partial charge is 0.190 e. The summed E-state index contributed by atoms with van der Waals surface area (Å²) in [6.45, 7) is 0.362. The second-order valence-corrected chi connectivity index (χ2v) is 7.90. The van der Waals surface area contributed by atoms with E-state index in [9.17, 15) is 4.79 Å². The molecule has 6 heteroatoms. The Labute approximate surface area is 137 Å². The molecule has 19 heavy (non-hydrogen) atoms. The van der Waals surface area contributed by atoms with Crippen LogP contribution in [0.1, 0.15) is 15.9 Å². The number of carbonyl (C=O) groups is 1. The van der Waals surface area contributed by atoms with E-state index in [1.54, 1.807) is 12.1 Å². The summed E-state index contributed by atoms with van der Waals surface area (Å²) in [5, 5.41) is 0.648. The van der Waals surface area contributed by atoms with E-state index in [4.69, 9.17) is 16.3 Å². The molecular weight excluding hydrogens is 415 g/mol. The molecule has 0 radical (unpaired) electrons. The molecule has 0 aliphatic heterocycles. The van der Waals surface area contributed by atoms with Gasteiger partial charge < -0.3 is 4.74 Å². The number of rotatable bonds is 5. The van der Waals surface area contributed by atoms with Gasteiger partial charge in [0.05, 0.1) is 14.2 Å². The van der Waals surface area contributed by atoms with Gasteiger partial charge in [0.1, 0.15) is 6.61 Å². The van der Waals surface area contributed by atoms with E-state index in [-0.39, 0.29) is 12.4 Å². The minimum Gasteiger partial charge on any atom is -0.369 e. The van der Waals surface area contributed by atoms with Crippen LogP contribution in [0.15, 0.2) is 37.9 Å². The van der Waals surface area contributed by atoms with Crippen molar-refractivity contribution in [3.05, 3.63) is 54.1 Å². The predicted molar refractivity (Wildman–Crippen MR) is 85.2 cm³/mol. The highest BCUT2D eigenvalue weighted by Gasteiger charge is 2.13. The minimum absolute atomic E-state index is 0.0347. The van der Waals surface area contributed by atoms with E-state index in [2.05, 4.69) is 31.9 Å². The summed E-state index contributed by atoms with van der Waals surface area (Å²) in [7, 11) is 0. The van der Waals surface area contributed by atoms with Gasteiger partial charge in [-0.1, -0.05) is 29.8 Å². The topological polar surface area (TPSA) is 26.3 Å². The van der Waals surface area contributed by atoms with Gasteiger partial charge in [-0.15, -0.1) is 11.3 Å². The second kappa shape index (κ2) is 6.99. The number of ether oxygens (including phenoxy) is 1. The largest absolute Gasteiger partial charge is 0.369 e. The number of Topliss-reactive ketones (excluding diaryl/α,β-unsaturated/α-hetero) is 1. The van der Waals surface area contributed by atoms with Crippen LogP contribution in [0.4, 0.5) is 0 Å². The number of halogens is 3. The van der Waals surface area contributed by atoms with Crippen molar-refractivity contribution in [2.45, 2.75) is 6.61 Å². The van der Waals surface area contributed by atoms with Crippen molar-refractivity contribution in [1.82, 2.24) is 0 Å². The summed E-state index contributed by atoms with van der Waals surface area (Å²) in [6, 6.07) is 9.21. The van der Waals surface area contributed by atoms with E-state index < -0.39 is 0 Å². The maximum absolute atomic E-state index is 12.0. The van der Waals surface area contributed by atoms with Crippen LogP contribution in [0, 0.1) is 0 Å². The highest BCUT2D eigenvalue weighted by molar-refractivity contribution is 9.12. The number of benzene rings is 1. The standard InChI is InChI=1S/C13H9Br2ClO2S/c14-12-5-9(13(15)19-12)11(17)7-18-6-8-3-1-2-4-10(8)16/h1-5H,6-7H2. The quantitative estimate of drug-likeness (QED) is 0.607. The number of carbonyl (C=O) groups excluding carboxylic acids is 1. The van der Waals surface area contributed by atoms with Gasteiger partial charge in [-0.2, -0.15) is 0 Å². The van der Waals surface area contributed by atoms with Crippen LogP contribution in [-0.4, -0.2) is 12.4 Å². The Bertz CT molecular complexity index is 598. The van der Waals surface area contributed by atoms with Crippen molar-refractivity contribution in [2.24, 2.45) is 0 Å². The first-order valence-electron chi connectivity index (χ1n) is 5.37. The molecule has 0 saturated carbocycles. The lowest BCUT2D eigenvalue weighted by atomic mass is 10.2. The number of ketones is 1. The maximum Gasteiger partial charge on any atom is 0.190 e. The van der Waals surface area contributed by atoms with Crippen LogP contribution >= 0.6 is 54.8 Å². The fourth-order valence-corrected chi connectivity index (χ4v) is 4.52. The van der Waals surface area contributed by atoms with Gasteiger partial charge in [0.25, 0.3) is 0 Å². The molecule has 0 saturated heterocycles. The average molecular weight is 425 g/mol. The van der Waals surface area contributed by atoms with Crippen LogP contribution in [0.5, 0.6) is 0 Å². The first-order chi connectivity index (χ1) is 9.08. The van der Waals surface area contributed by atoms with Gasteiger partial charge in [0.2, 0.25) is 0 Å². The minimum atomic E-state index is -0.0547.